The van der Waals surface area contributed by atoms with Crippen LogP contribution in [0.2, 0.25) is 0 Å². The van der Waals surface area contributed by atoms with Crippen LogP contribution in [0.5, 0.6) is 5.75 Å². The molecule has 0 unspecified atom stereocenters. The lowest BCUT2D eigenvalue weighted by atomic mass is 9.48. The normalized spacial score (nSPS) is 34.9. The summed E-state index contributed by atoms with van der Waals surface area (Å²) in [6.45, 7) is 0. The third-order valence-electron chi connectivity index (χ3n) is 6.66. The molecule has 2 aromatic rings. The maximum absolute atomic E-state index is 13.5. The number of phenolic OH excluding ortho intramolecular Hbond substituents is 1. The number of Topliss-reactive ketones (excluding diaryl/α,β-unsaturated/α-hetero) is 1. The van der Waals surface area contributed by atoms with Gasteiger partial charge in [0, 0.05) is 16.4 Å². The number of benzene rings is 2. The van der Waals surface area contributed by atoms with E-state index in [0.29, 0.717) is 5.78 Å². The molecule has 2 heteroatoms. The van der Waals surface area contributed by atoms with E-state index in [-0.39, 0.29) is 11.2 Å². The van der Waals surface area contributed by atoms with Gasteiger partial charge < -0.3 is 5.11 Å². The van der Waals surface area contributed by atoms with Crippen LogP contribution in [0, 0.1) is 23.2 Å². The molecule has 6 rings (SSSR count). The van der Waals surface area contributed by atoms with Gasteiger partial charge in [-0.15, -0.1) is 0 Å². The first-order valence-corrected chi connectivity index (χ1v) is 8.90. The van der Waals surface area contributed by atoms with Crippen LogP contribution >= 0.6 is 0 Å². The summed E-state index contributed by atoms with van der Waals surface area (Å²) in [5, 5.41) is 11.8. The van der Waals surface area contributed by atoms with Crippen LogP contribution in [0.4, 0.5) is 0 Å². The Morgan fingerprint density at radius 3 is 2.09 bits per heavy atom. The molecule has 23 heavy (non-hydrogen) atoms. The average molecular weight is 306 g/mol. The molecule has 0 atom stereocenters. The number of rotatable bonds is 2. The lowest BCUT2D eigenvalue weighted by Crippen LogP contribution is -2.50. The Labute approximate surface area is 136 Å². The lowest BCUT2D eigenvalue weighted by Gasteiger charge is -2.56. The molecule has 4 aliphatic carbocycles. The van der Waals surface area contributed by atoms with Crippen molar-refractivity contribution < 1.29 is 9.90 Å². The fraction of sp³-hybridized carbons (Fsp3) is 0.476. The van der Waals surface area contributed by atoms with Crippen LogP contribution in [-0.4, -0.2) is 10.9 Å². The first kappa shape index (κ1) is 13.6. The molecule has 0 spiro atoms. The SMILES string of the molecule is O=C(c1cccc2c(O)cccc12)C12CC3CC(CC(C3)C1)C2. The van der Waals surface area contributed by atoms with E-state index in [4.69, 9.17) is 0 Å². The minimum absolute atomic E-state index is 0.117. The second-order valence-electron chi connectivity index (χ2n) is 8.20. The number of carbonyl (C=O) groups excluding carboxylic acids is 1. The molecular weight excluding hydrogens is 284 g/mol. The highest BCUT2D eigenvalue weighted by Gasteiger charge is 2.54. The average Bonchev–Trinajstić information content (AvgIpc) is 2.53. The van der Waals surface area contributed by atoms with Crippen molar-refractivity contribution in [2.24, 2.45) is 23.2 Å². The predicted molar refractivity (Wildman–Crippen MR) is 90.5 cm³/mol. The van der Waals surface area contributed by atoms with Crippen molar-refractivity contribution in [3.8, 4) is 5.75 Å². The molecular formula is C21H22O2. The van der Waals surface area contributed by atoms with Gasteiger partial charge in [-0.2, -0.15) is 0 Å². The van der Waals surface area contributed by atoms with Gasteiger partial charge in [-0.05, 0) is 67.7 Å². The van der Waals surface area contributed by atoms with E-state index in [2.05, 4.69) is 0 Å². The van der Waals surface area contributed by atoms with Crippen LogP contribution in [0.3, 0.4) is 0 Å². The Bertz CT molecular complexity index is 769. The highest BCUT2D eigenvalue weighted by molar-refractivity contribution is 6.11. The largest absolute Gasteiger partial charge is 0.507 e. The van der Waals surface area contributed by atoms with Crippen LogP contribution in [-0.2, 0) is 0 Å². The molecule has 0 heterocycles. The summed E-state index contributed by atoms with van der Waals surface area (Å²) in [7, 11) is 0. The van der Waals surface area contributed by atoms with Gasteiger partial charge in [0.15, 0.2) is 5.78 Å². The number of aromatic hydroxyl groups is 1. The molecule has 4 saturated carbocycles. The first-order valence-electron chi connectivity index (χ1n) is 8.90. The molecule has 4 bridgehead atoms. The van der Waals surface area contributed by atoms with Crippen molar-refractivity contribution in [3.05, 3.63) is 42.0 Å². The van der Waals surface area contributed by atoms with Gasteiger partial charge in [0.25, 0.3) is 0 Å². The Morgan fingerprint density at radius 1 is 0.870 bits per heavy atom. The van der Waals surface area contributed by atoms with Gasteiger partial charge in [-0.1, -0.05) is 30.3 Å². The molecule has 0 radical (unpaired) electrons. The third kappa shape index (κ3) is 1.90. The summed E-state index contributed by atoms with van der Waals surface area (Å²) >= 11 is 0. The van der Waals surface area contributed by atoms with Gasteiger partial charge >= 0.3 is 0 Å². The van der Waals surface area contributed by atoms with Gasteiger partial charge in [-0.25, -0.2) is 0 Å². The van der Waals surface area contributed by atoms with Crippen molar-refractivity contribution in [2.45, 2.75) is 38.5 Å². The molecule has 2 nitrogen and oxygen atoms in total. The van der Waals surface area contributed by atoms with Crippen molar-refractivity contribution in [3.63, 3.8) is 0 Å². The van der Waals surface area contributed by atoms with Gasteiger partial charge in [0.05, 0.1) is 0 Å². The third-order valence-corrected chi connectivity index (χ3v) is 6.66. The maximum atomic E-state index is 13.5. The van der Waals surface area contributed by atoms with E-state index in [1.54, 1.807) is 6.07 Å². The van der Waals surface area contributed by atoms with Crippen molar-refractivity contribution in [2.75, 3.05) is 0 Å². The molecule has 118 valence electrons. The van der Waals surface area contributed by atoms with Crippen LogP contribution in [0.25, 0.3) is 10.8 Å². The molecule has 0 amide bonds. The van der Waals surface area contributed by atoms with Crippen LogP contribution in [0.15, 0.2) is 36.4 Å². The van der Waals surface area contributed by atoms with E-state index >= 15 is 0 Å². The standard InChI is InChI=1S/C21H22O2/c22-19-6-2-3-16-17(19)4-1-5-18(16)20(23)21-10-13-7-14(11-21)9-15(8-13)12-21/h1-6,13-15,22H,7-12H2. The zero-order valence-corrected chi connectivity index (χ0v) is 13.3. The van der Waals surface area contributed by atoms with E-state index < -0.39 is 0 Å². The van der Waals surface area contributed by atoms with E-state index in [0.717, 1.165) is 53.4 Å². The number of carbonyl (C=O) groups is 1. The summed E-state index contributed by atoms with van der Waals surface area (Å²) in [5.74, 6) is 2.92. The summed E-state index contributed by atoms with van der Waals surface area (Å²) in [5.41, 5.74) is 0.703. The van der Waals surface area contributed by atoms with Crippen LogP contribution < -0.4 is 0 Å². The highest BCUT2D eigenvalue weighted by atomic mass is 16.3. The Morgan fingerprint density at radius 2 is 1.43 bits per heavy atom. The van der Waals surface area contributed by atoms with E-state index in [9.17, 15) is 9.90 Å². The summed E-state index contributed by atoms with van der Waals surface area (Å²) in [6, 6.07) is 11.3. The zero-order chi connectivity index (χ0) is 15.6. The molecule has 1 N–H and O–H groups in total. The van der Waals surface area contributed by atoms with E-state index in [1.165, 1.54) is 19.3 Å². The monoisotopic (exact) mass is 306 g/mol. The minimum Gasteiger partial charge on any atom is -0.507 e. The lowest BCUT2D eigenvalue weighted by molar-refractivity contribution is -0.0352. The number of fused-ring (bicyclic) bond motifs is 1. The predicted octanol–water partition coefficient (Wildman–Crippen LogP) is 4.94. The Kier molecular flexibility index (Phi) is 2.72. The molecule has 2 aromatic carbocycles. The van der Waals surface area contributed by atoms with Gasteiger partial charge in [0.2, 0.25) is 0 Å². The first-order chi connectivity index (χ1) is 11.1. The second kappa shape index (κ2) is 4.59. The summed E-state index contributed by atoms with van der Waals surface area (Å²) in [6.07, 6.45) is 7.32. The topological polar surface area (TPSA) is 37.3 Å². The highest BCUT2D eigenvalue weighted by Crippen LogP contribution is 2.61. The quantitative estimate of drug-likeness (QED) is 0.798. The number of hydrogen-bond acceptors (Lipinski definition) is 2. The second-order valence-corrected chi connectivity index (χ2v) is 8.20. The van der Waals surface area contributed by atoms with E-state index in [1.807, 2.05) is 30.3 Å². The fourth-order valence-corrected chi connectivity index (χ4v) is 6.17. The van der Waals surface area contributed by atoms with Gasteiger partial charge in [-0.3, -0.25) is 4.79 Å². The minimum atomic E-state index is -0.117. The molecule has 4 fully saturated rings. The molecule has 0 saturated heterocycles. The number of phenols is 1. The molecule has 4 aliphatic rings. The zero-order valence-electron chi connectivity index (χ0n) is 13.3. The number of ketones is 1. The Hall–Kier alpha value is -1.83. The Balaban J connectivity index is 1.63. The van der Waals surface area contributed by atoms with Crippen LogP contribution in [0.1, 0.15) is 48.9 Å². The van der Waals surface area contributed by atoms with Crippen molar-refractivity contribution >= 4 is 16.6 Å². The number of hydrogen-bond donors (Lipinski definition) is 1. The van der Waals surface area contributed by atoms with Crippen molar-refractivity contribution in [1.82, 2.24) is 0 Å². The maximum Gasteiger partial charge on any atom is 0.169 e. The summed E-state index contributed by atoms with van der Waals surface area (Å²) < 4.78 is 0. The fourth-order valence-electron chi connectivity index (χ4n) is 6.17. The van der Waals surface area contributed by atoms with Gasteiger partial charge in [0.1, 0.15) is 5.75 Å². The smallest absolute Gasteiger partial charge is 0.169 e. The molecule has 0 aromatic heterocycles. The summed E-state index contributed by atoms with van der Waals surface area (Å²) in [4.78, 5) is 13.5. The van der Waals surface area contributed by atoms with Crippen molar-refractivity contribution in [1.29, 1.82) is 0 Å². The molecule has 0 aliphatic heterocycles.